The number of carboxylic acid groups (broad SMARTS) is 1. The van der Waals surface area contributed by atoms with Gasteiger partial charge < -0.3 is 10.4 Å². The average Bonchev–Trinajstić information content (AvgIpc) is 3.09. The van der Waals surface area contributed by atoms with Gasteiger partial charge in [0.05, 0.1) is 21.2 Å². The van der Waals surface area contributed by atoms with Crippen molar-refractivity contribution < 1.29 is 36.3 Å². The van der Waals surface area contributed by atoms with Gasteiger partial charge in [0.25, 0.3) is 10.0 Å². The third kappa shape index (κ3) is 8.49. The fourth-order valence-corrected chi connectivity index (χ4v) is 4.59. The number of aryl methyl sites for hydroxylation is 1. The fraction of sp³-hybridized carbons (Fsp3) is 0.200. The van der Waals surface area contributed by atoms with E-state index < -0.39 is 22.2 Å². The van der Waals surface area contributed by atoms with E-state index in [9.17, 15) is 26.4 Å². The van der Waals surface area contributed by atoms with Gasteiger partial charge in [-0.15, -0.1) is 0 Å². The Hall–Kier alpha value is -3.23. The zero-order valence-electron chi connectivity index (χ0n) is 17.3. The second-order valence-electron chi connectivity index (χ2n) is 6.40. The van der Waals surface area contributed by atoms with Crippen LogP contribution in [-0.4, -0.2) is 41.5 Å². The van der Waals surface area contributed by atoms with Gasteiger partial charge in [0.1, 0.15) is 0 Å². The van der Waals surface area contributed by atoms with Crippen LogP contribution in [0, 0.1) is 6.92 Å². The van der Waals surface area contributed by atoms with Gasteiger partial charge in [-0.1, -0.05) is 48.6 Å². The molecule has 0 radical (unpaired) electrons. The Bertz CT molecular complexity index is 1300. The van der Waals surface area contributed by atoms with E-state index >= 15 is 0 Å². The van der Waals surface area contributed by atoms with E-state index in [4.69, 9.17) is 21.5 Å². The number of carbonyl (C=O) groups is 2. The van der Waals surface area contributed by atoms with Crippen LogP contribution in [0.1, 0.15) is 20.0 Å². The SMILES string of the molecule is C.CC(=O)Nc1nc(C)c(-c2cnc(Cl)c(NS(=O)(=O)c3ccccc3)c2)s1.O=C(O)C(F)(F)F. The molecule has 0 saturated carbocycles. The number of alkyl halides is 3. The molecule has 190 valence electrons. The van der Waals surface area contributed by atoms with Gasteiger partial charge >= 0.3 is 12.1 Å². The highest BCUT2D eigenvalue weighted by Gasteiger charge is 2.38. The molecule has 9 nitrogen and oxygen atoms in total. The highest BCUT2D eigenvalue weighted by molar-refractivity contribution is 7.92. The molecule has 1 amide bonds. The lowest BCUT2D eigenvalue weighted by Gasteiger charge is -2.10. The van der Waals surface area contributed by atoms with E-state index in [-0.39, 0.29) is 29.1 Å². The average molecular weight is 553 g/mol. The van der Waals surface area contributed by atoms with Crippen molar-refractivity contribution in [1.82, 2.24) is 9.97 Å². The van der Waals surface area contributed by atoms with E-state index in [1.807, 2.05) is 0 Å². The third-order valence-electron chi connectivity index (χ3n) is 3.72. The highest BCUT2D eigenvalue weighted by atomic mass is 35.5. The first-order valence-electron chi connectivity index (χ1n) is 8.99. The molecule has 1 aromatic carbocycles. The summed E-state index contributed by atoms with van der Waals surface area (Å²) < 4.78 is 59.3. The minimum atomic E-state index is -5.08. The van der Waals surface area contributed by atoms with Crippen LogP contribution in [0.3, 0.4) is 0 Å². The molecular formula is C20H20ClF3N4O5S2. The van der Waals surface area contributed by atoms with Crippen molar-refractivity contribution in [2.24, 2.45) is 0 Å². The van der Waals surface area contributed by atoms with Crippen molar-refractivity contribution in [2.75, 3.05) is 10.0 Å². The summed E-state index contributed by atoms with van der Waals surface area (Å²) >= 11 is 7.35. The number of nitrogens with zero attached hydrogens (tertiary/aromatic N) is 2. The van der Waals surface area contributed by atoms with Crippen molar-refractivity contribution in [3.63, 3.8) is 0 Å². The van der Waals surface area contributed by atoms with Crippen LogP contribution in [0.15, 0.2) is 47.5 Å². The van der Waals surface area contributed by atoms with Crippen LogP contribution in [0.5, 0.6) is 0 Å². The van der Waals surface area contributed by atoms with E-state index in [0.717, 1.165) is 4.88 Å². The number of carbonyl (C=O) groups excluding carboxylic acids is 1. The van der Waals surface area contributed by atoms with Gasteiger partial charge in [0.15, 0.2) is 10.3 Å². The maximum atomic E-state index is 12.5. The second kappa shape index (κ2) is 12.0. The molecule has 0 aliphatic heterocycles. The first-order valence-corrected chi connectivity index (χ1v) is 11.7. The number of hydrogen-bond acceptors (Lipinski definition) is 7. The summed E-state index contributed by atoms with van der Waals surface area (Å²) in [6.45, 7) is 3.19. The summed E-state index contributed by atoms with van der Waals surface area (Å²) in [7, 11) is -3.80. The molecular weight excluding hydrogens is 533 g/mol. The highest BCUT2D eigenvalue weighted by Crippen LogP contribution is 2.35. The van der Waals surface area contributed by atoms with E-state index in [1.165, 1.54) is 36.6 Å². The van der Waals surface area contributed by atoms with Crippen molar-refractivity contribution in [3.8, 4) is 10.4 Å². The Kier molecular flexibility index (Phi) is 10.2. The summed E-state index contributed by atoms with van der Waals surface area (Å²) in [6, 6.07) is 9.56. The van der Waals surface area contributed by atoms with Crippen molar-refractivity contribution >= 4 is 55.7 Å². The maximum Gasteiger partial charge on any atom is 0.490 e. The number of aliphatic carboxylic acids is 1. The minimum Gasteiger partial charge on any atom is -0.475 e. The molecule has 0 spiro atoms. The van der Waals surface area contributed by atoms with Gasteiger partial charge in [-0.25, -0.2) is 23.2 Å². The number of nitrogens with one attached hydrogen (secondary N) is 2. The standard InChI is InChI=1S/C17H15ClN4O3S2.C2HF3O2.CH4/c1-10-15(26-17(20-10)21-11(2)23)12-8-14(16(18)19-9-12)22-27(24,25)13-6-4-3-5-7-13;3-2(4,5)1(6)7;/h3-9,22H,1-2H3,(H,20,21,23);(H,6,7);1H4. The Morgan fingerprint density at radius 1 is 1.17 bits per heavy atom. The van der Waals surface area contributed by atoms with Gasteiger partial charge in [-0.05, 0) is 25.1 Å². The monoisotopic (exact) mass is 552 g/mol. The molecule has 0 aliphatic carbocycles. The number of halogens is 4. The number of pyridine rings is 1. The lowest BCUT2D eigenvalue weighted by atomic mass is 10.2. The van der Waals surface area contributed by atoms with Gasteiger partial charge in [0, 0.05) is 18.7 Å². The lowest BCUT2D eigenvalue weighted by Crippen LogP contribution is -2.21. The van der Waals surface area contributed by atoms with Crippen LogP contribution >= 0.6 is 22.9 Å². The smallest absolute Gasteiger partial charge is 0.475 e. The molecule has 0 aliphatic rings. The predicted molar refractivity (Wildman–Crippen MR) is 127 cm³/mol. The maximum absolute atomic E-state index is 12.5. The molecule has 35 heavy (non-hydrogen) atoms. The molecule has 2 heterocycles. The summed E-state index contributed by atoms with van der Waals surface area (Å²) in [5, 5.41) is 10.2. The zero-order chi connectivity index (χ0) is 25.7. The number of thiazole rings is 1. The van der Waals surface area contributed by atoms with Crippen LogP contribution in [0.2, 0.25) is 5.15 Å². The van der Waals surface area contributed by atoms with E-state index in [1.54, 1.807) is 31.2 Å². The van der Waals surface area contributed by atoms with Crippen molar-refractivity contribution in [3.05, 3.63) is 53.4 Å². The Morgan fingerprint density at radius 2 is 1.74 bits per heavy atom. The number of sulfonamides is 1. The van der Waals surface area contributed by atoms with Crippen LogP contribution in [-0.2, 0) is 19.6 Å². The number of rotatable bonds is 5. The predicted octanol–water partition coefficient (Wildman–Crippen LogP) is 5.20. The van der Waals surface area contributed by atoms with Crippen LogP contribution in [0.4, 0.5) is 24.0 Å². The molecule has 3 N–H and O–H groups in total. The topological polar surface area (TPSA) is 138 Å². The van der Waals surface area contributed by atoms with E-state index in [0.29, 0.717) is 16.4 Å². The summed E-state index contributed by atoms with van der Waals surface area (Å²) in [6.07, 6.45) is -3.55. The van der Waals surface area contributed by atoms with Gasteiger partial charge in [-0.2, -0.15) is 13.2 Å². The summed E-state index contributed by atoms with van der Waals surface area (Å²) in [5.74, 6) is -2.98. The first kappa shape index (κ1) is 29.8. The second-order valence-corrected chi connectivity index (χ2v) is 9.44. The molecule has 15 heteroatoms. The molecule has 0 atom stereocenters. The molecule has 0 unspecified atom stereocenters. The number of anilines is 2. The van der Waals surface area contributed by atoms with Gasteiger partial charge in [-0.3, -0.25) is 9.52 Å². The summed E-state index contributed by atoms with van der Waals surface area (Å²) in [5.41, 5.74) is 1.48. The Labute approximate surface area is 208 Å². The summed E-state index contributed by atoms with van der Waals surface area (Å²) in [4.78, 5) is 29.3. The normalized spacial score (nSPS) is 10.9. The molecule has 0 saturated heterocycles. The fourth-order valence-electron chi connectivity index (χ4n) is 2.32. The third-order valence-corrected chi connectivity index (χ3v) is 6.53. The zero-order valence-corrected chi connectivity index (χ0v) is 19.7. The number of carboxylic acids is 1. The Balaban J connectivity index is 0.000000672. The largest absolute Gasteiger partial charge is 0.490 e. The number of hydrogen-bond donors (Lipinski definition) is 3. The van der Waals surface area contributed by atoms with E-state index in [2.05, 4.69) is 20.0 Å². The Morgan fingerprint density at radius 3 is 2.26 bits per heavy atom. The number of amides is 1. The number of benzene rings is 1. The van der Waals surface area contributed by atoms with Crippen LogP contribution < -0.4 is 10.0 Å². The first-order chi connectivity index (χ1) is 15.7. The minimum absolute atomic E-state index is 0. The molecule has 2 aromatic heterocycles. The van der Waals surface area contributed by atoms with Crippen molar-refractivity contribution in [2.45, 2.75) is 32.3 Å². The van der Waals surface area contributed by atoms with Gasteiger partial charge in [0.2, 0.25) is 5.91 Å². The molecule has 0 fully saturated rings. The lowest BCUT2D eigenvalue weighted by molar-refractivity contribution is -0.192. The van der Waals surface area contributed by atoms with Crippen LogP contribution in [0.25, 0.3) is 10.4 Å². The molecule has 0 bridgehead atoms. The quantitative estimate of drug-likeness (QED) is 0.370. The molecule has 3 rings (SSSR count). The van der Waals surface area contributed by atoms with Crippen molar-refractivity contribution in [1.29, 1.82) is 0 Å². The number of aromatic nitrogens is 2. The molecule has 3 aromatic rings.